The van der Waals surface area contributed by atoms with Gasteiger partial charge in [0.15, 0.2) is 5.17 Å². The van der Waals surface area contributed by atoms with Gasteiger partial charge >= 0.3 is 0 Å². The van der Waals surface area contributed by atoms with Crippen molar-refractivity contribution < 1.29 is 9.53 Å². The first-order valence-electron chi connectivity index (χ1n) is 8.44. The second-order valence-electron chi connectivity index (χ2n) is 6.12. The average Bonchev–Trinajstić information content (AvgIpc) is 2.91. The van der Waals surface area contributed by atoms with Crippen molar-refractivity contribution in [2.45, 2.75) is 6.92 Å². The quantitative estimate of drug-likeness (QED) is 0.235. The van der Waals surface area contributed by atoms with Crippen molar-refractivity contribution in [1.29, 1.82) is 0 Å². The van der Waals surface area contributed by atoms with Gasteiger partial charge < -0.3 is 4.74 Å². The number of halogens is 2. The first kappa shape index (κ1) is 21.4. The Hall–Kier alpha value is -1.33. The Balaban J connectivity index is 1.87. The number of amides is 1. The second-order valence-corrected chi connectivity index (χ2v) is 9.45. The third kappa shape index (κ3) is 4.98. The fourth-order valence-electron chi connectivity index (χ4n) is 2.48. The van der Waals surface area contributed by atoms with Crippen molar-refractivity contribution in [3.63, 3.8) is 0 Å². The molecule has 144 valence electrons. The van der Waals surface area contributed by atoms with Crippen LogP contribution in [0.1, 0.15) is 11.1 Å². The van der Waals surface area contributed by atoms with E-state index in [9.17, 15) is 4.79 Å². The summed E-state index contributed by atoms with van der Waals surface area (Å²) >= 11 is 5.89. The van der Waals surface area contributed by atoms with Crippen LogP contribution in [0, 0.1) is 14.1 Å². The predicted octanol–water partition coefficient (Wildman–Crippen LogP) is 6.00. The van der Waals surface area contributed by atoms with E-state index in [-0.39, 0.29) is 5.91 Å². The first-order chi connectivity index (χ1) is 13.4. The fraction of sp³-hybridized carbons (Fsp3) is 0.143. The molecule has 1 aliphatic rings. The zero-order chi connectivity index (χ0) is 20.3. The Bertz CT molecular complexity index is 961. The summed E-state index contributed by atoms with van der Waals surface area (Å²) in [7, 11) is 1.75. The van der Waals surface area contributed by atoms with Crippen molar-refractivity contribution in [3.05, 3.63) is 72.2 Å². The summed E-state index contributed by atoms with van der Waals surface area (Å²) in [4.78, 5) is 19.5. The van der Waals surface area contributed by atoms with Gasteiger partial charge in [0.05, 0.1) is 17.7 Å². The summed E-state index contributed by atoms with van der Waals surface area (Å²) in [5.41, 5.74) is 2.97. The normalized spacial score (nSPS) is 16.9. The van der Waals surface area contributed by atoms with Gasteiger partial charge in [-0.15, -0.1) is 0 Å². The first-order valence-corrected chi connectivity index (χ1v) is 11.4. The number of ether oxygens (including phenoxy) is 1. The Morgan fingerprint density at radius 1 is 1.21 bits per heavy atom. The number of thioether (sulfide) groups is 1. The Morgan fingerprint density at radius 3 is 2.46 bits per heavy atom. The Kier molecular flexibility index (Phi) is 7.21. The zero-order valence-electron chi connectivity index (χ0n) is 15.4. The number of benzene rings is 2. The topological polar surface area (TPSA) is 41.9 Å². The summed E-state index contributed by atoms with van der Waals surface area (Å²) in [6, 6.07) is 12.0. The van der Waals surface area contributed by atoms with Crippen LogP contribution in [0.5, 0.6) is 5.75 Å². The van der Waals surface area contributed by atoms with E-state index in [0.29, 0.717) is 16.7 Å². The van der Waals surface area contributed by atoms with Crippen molar-refractivity contribution >= 4 is 79.8 Å². The van der Waals surface area contributed by atoms with E-state index in [1.165, 1.54) is 17.3 Å². The minimum absolute atomic E-state index is 0.0483. The molecule has 1 heterocycles. The highest BCUT2D eigenvalue weighted by Gasteiger charge is 2.30. The molecule has 1 amide bonds. The molecule has 7 heteroatoms. The smallest absolute Gasteiger partial charge is 0.266 e. The van der Waals surface area contributed by atoms with Crippen LogP contribution >= 0.6 is 56.9 Å². The van der Waals surface area contributed by atoms with E-state index < -0.39 is 0 Å². The number of likely N-dealkylation sites (N-methyl/N-ethyl adjacent to an activating group) is 1. The summed E-state index contributed by atoms with van der Waals surface area (Å²) in [5.74, 6) is 0.792. The number of aliphatic imine (C=N–C) groups is 1. The molecule has 3 rings (SSSR count). The lowest BCUT2D eigenvalue weighted by Gasteiger charge is -2.10. The molecule has 1 saturated heterocycles. The van der Waals surface area contributed by atoms with Crippen LogP contribution in [-0.4, -0.2) is 29.6 Å². The largest absolute Gasteiger partial charge is 0.487 e. The van der Waals surface area contributed by atoms with Crippen LogP contribution in [-0.2, 0) is 4.79 Å². The van der Waals surface area contributed by atoms with E-state index in [1.54, 1.807) is 18.0 Å². The molecule has 0 radical (unpaired) electrons. The lowest BCUT2D eigenvalue weighted by atomic mass is 10.2. The summed E-state index contributed by atoms with van der Waals surface area (Å²) in [6.07, 6.45) is 3.63. The minimum atomic E-state index is -0.0483. The molecule has 0 atom stereocenters. The highest BCUT2D eigenvalue weighted by molar-refractivity contribution is 14.1. The van der Waals surface area contributed by atoms with E-state index >= 15 is 0 Å². The number of hydrogen-bond donors (Lipinski definition) is 0. The van der Waals surface area contributed by atoms with Gasteiger partial charge in [0.25, 0.3) is 5.91 Å². The third-order valence-corrected chi connectivity index (χ3v) is 6.59. The average molecular weight is 616 g/mol. The standard InChI is InChI=1S/C21H18I2N2O2S/c1-4-9-27-19-16(22)10-14(11-17(19)23)12-18-20(26)25(3)21(28-18)24-15-7-5-13(2)6-8-15/h4-8,10-12H,1,9H2,2-3H3. The lowest BCUT2D eigenvalue weighted by molar-refractivity contribution is -0.121. The maximum Gasteiger partial charge on any atom is 0.266 e. The van der Waals surface area contributed by atoms with E-state index in [1.807, 2.05) is 49.4 Å². The summed E-state index contributed by atoms with van der Waals surface area (Å²) in [5, 5.41) is 0.676. The highest BCUT2D eigenvalue weighted by Crippen LogP contribution is 2.35. The molecule has 1 aliphatic heterocycles. The number of carbonyl (C=O) groups is 1. The number of hydrogen-bond acceptors (Lipinski definition) is 4. The number of aryl methyl sites for hydroxylation is 1. The molecule has 2 aromatic carbocycles. The van der Waals surface area contributed by atoms with Crippen LogP contribution in [0.2, 0.25) is 0 Å². The van der Waals surface area contributed by atoms with Crippen LogP contribution in [0.25, 0.3) is 6.08 Å². The number of rotatable bonds is 5. The van der Waals surface area contributed by atoms with Crippen LogP contribution in [0.4, 0.5) is 5.69 Å². The van der Waals surface area contributed by atoms with Gasteiger partial charge in [-0.3, -0.25) is 9.69 Å². The monoisotopic (exact) mass is 616 g/mol. The molecule has 0 aliphatic carbocycles. The Labute approximate surface area is 196 Å². The van der Waals surface area contributed by atoms with E-state index in [0.717, 1.165) is 24.1 Å². The van der Waals surface area contributed by atoms with Crippen LogP contribution in [0.15, 0.2) is 59.0 Å². The van der Waals surface area contributed by atoms with Gasteiger partial charge in [-0.2, -0.15) is 0 Å². The molecular weight excluding hydrogens is 598 g/mol. The maximum atomic E-state index is 12.7. The molecular formula is C21H18I2N2O2S. The van der Waals surface area contributed by atoms with Crippen molar-refractivity contribution in [2.24, 2.45) is 4.99 Å². The molecule has 0 saturated carbocycles. The van der Waals surface area contributed by atoms with Crippen LogP contribution in [0.3, 0.4) is 0 Å². The van der Waals surface area contributed by atoms with Crippen molar-refractivity contribution in [3.8, 4) is 5.75 Å². The van der Waals surface area contributed by atoms with Gasteiger partial charge in [0, 0.05) is 7.05 Å². The van der Waals surface area contributed by atoms with E-state index in [2.05, 4.69) is 56.8 Å². The van der Waals surface area contributed by atoms with Gasteiger partial charge in [-0.05, 0) is 99.8 Å². The molecule has 0 spiro atoms. The summed E-state index contributed by atoms with van der Waals surface area (Å²) < 4.78 is 7.71. The maximum absolute atomic E-state index is 12.7. The van der Waals surface area contributed by atoms with Crippen molar-refractivity contribution in [1.82, 2.24) is 4.90 Å². The molecule has 2 aromatic rings. The molecule has 0 bridgehead atoms. The number of carbonyl (C=O) groups excluding carboxylic acids is 1. The van der Waals surface area contributed by atoms with Gasteiger partial charge in [-0.25, -0.2) is 4.99 Å². The molecule has 28 heavy (non-hydrogen) atoms. The zero-order valence-corrected chi connectivity index (χ0v) is 20.5. The third-order valence-electron chi connectivity index (χ3n) is 3.93. The summed E-state index contributed by atoms with van der Waals surface area (Å²) in [6.45, 7) is 6.18. The molecule has 4 nitrogen and oxygen atoms in total. The van der Waals surface area contributed by atoms with Crippen LogP contribution < -0.4 is 4.74 Å². The molecule has 1 fully saturated rings. The predicted molar refractivity (Wildman–Crippen MR) is 134 cm³/mol. The lowest BCUT2D eigenvalue weighted by Crippen LogP contribution is -2.23. The molecule has 0 N–H and O–H groups in total. The SMILES string of the molecule is C=CCOc1c(I)cc(C=C2SC(=Nc3ccc(C)cc3)N(C)C2=O)cc1I. The van der Waals surface area contributed by atoms with Gasteiger partial charge in [0.2, 0.25) is 0 Å². The molecule has 0 unspecified atom stereocenters. The van der Waals surface area contributed by atoms with Crippen molar-refractivity contribution in [2.75, 3.05) is 13.7 Å². The fourth-order valence-corrected chi connectivity index (χ4v) is 5.59. The van der Waals surface area contributed by atoms with Gasteiger partial charge in [0.1, 0.15) is 12.4 Å². The minimum Gasteiger partial charge on any atom is -0.487 e. The van der Waals surface area contributed by atoms with E-state index in [4.69, 9.17) is 4.74 Å². The second kappa shape index (κ2) is 9.45. The number of amidine groups is 1. The highest BCUT2D eigenvalue weighted by atomic mass is 127. The Morgan fingerprint density at radius 2 is 1.86 bits per heavy atom. The molecule has 0 aromatic heterocycles. The number of nitrogens with zero attached hydrogens (tertiary/aromatic N) is 2. The van der Waals surface area contributed by atoms with Gasteiger partial charge in [-0.1, -0.05) is 30.4 Å².